The number of nitrogens with zero attached hydrogens (tertiary/aromatic N) is 2. The smallest absolute Gasteiger partial charge is 0.408 e. The van der Waals surface area contributed by atoms with Gasteiger partial charge in [-0.3, -0.25) is 9.78 Å². The van der Waals surface area contributed by atoms with Crippen LogP contribution in [-0.4, -0.2) is 126 Å². The lowest BCUT2D eigenvalue weighted by atomic mass is 9.77. The predicted octanol–water partition coefficient (Wildman–Crippen LogP) is 4.97. The minimum absolute atomic E-state index is 0.0718. The van der Waals surface area contributed by atoms with E-state index in [2.05, 4.69) is 15.6 Å². The van der Waals surface area contributed by atoms with Gasteiger partial charge in [0, 0.05) is 29.6 Å². The quantitative estimate of drug-likeness (QED) is 0.244. The molecule has 5 rings (SSSR count). The van der Waals surface area contributed by atoms with Crippen LogP contribution in [0.5, 0.6) is 0 Å². The standard InChI is InChI=1S/C42H61FN4O9/c1-11-32-42(8)34(46-39(51)56-42)27(5)44-22-24(2)21-40(6,52-18-14-15-28-20-29-16-12-13-17-30(29)45-23-28)36(26(4)35(49)41(7,43)38(50)54-32)55-37-33(48)31(47(9)10)19-25(3)53-37/h12-17,20,23-27,31-34,36-37,44,48H,11,18-19,21-22H2,1-10H3,(H,46,51)/b15-14+/t24-,25-,26+,27-,31?,32-,33?,34-,36?,37+,40-,41?,42-/m1/s1. The molecule has 1 aromatic carbocycles. The molecule has 0 bridgehead atoms. The van der Waals surface area contributed by atoms with Crippen LogP contribution in [-0.2, 0) is 33.3 Å². The van der Waals surface area contributed by atoms with Crippen molar-refractivity contribution in [1.29, 1.82) is 0 Å². The molecule has 1 amide bonds. The third-order valence-corrected chi connectivity index (χ3v) is 11.8. The molecule has 3 fully saturated rings. The number of alkyl carbamates (subject to hydrolysis) is 1. The normalized spacial score (nSPS) is 39.1. The molecule has 310 valence electrons. The highest BCUT2D eigenvalue weighted by atomic mass is 19.1. The van der Waals surface area contributed by atoms with Crippen molar-refractivity contribution in [2.45, 2.75) is 140 Å². The second-order valence-corrected chi connectivity index (χ2v) is 16.8. The first-order valence-corrected chi connectivity index (χ1v) is 19.8. The van der Waals surface area contributed by atoms with Gasteiger partial charge in [-0.1, -0.05) is 51.1 Å². The molecule has 3 saturated heterocycles. The average molecular weight is 785 g/mol. The first kappa shape index (κ1) is 43.6. The molecule has 2 aromatic rings. The van der Waals surface area contributed by atoms with Gasteiger partial charge in [-0.15, -0.1) is 0 Å². The summed E-state index contributed by atoms with van der Waals surface area (Å²) in [5.41, 5.74) is -4.09. The van der Waals surface area contributed by atoms with Gasteiger partial charge in [0.05, 0.1) is 36.0 Å². The molecule has 13 atom stereocenters. The molecular weight excluding hydrogens is 723 g/mol. The number of Topliss-reactive ketones (excluding diaryl/α,β-unsaturated/α-hetero) is 1. The summed E-state index contributed by atoms with van der Waals surface area (Å²) in [6.45, 7) is 13.9. The van der Waals surface area contributed by atoms with Crippen molar-refractivity contribution in [2.75, 3.05) is 27.2 Å². The number of aromatic nitrogens is 1. The Balaban J connectivity index is 1.54. The zero-order valence-corrected chi connectivity index (χ0v) is 34.4. The maximum atomic E-state index is 16.9. The van der Waals surface area contributed by atoms with E-state index in [4.69, 9.17) is 23.7 Å². The van der Waals surface area contributed by atoms with Gasteiger partial charge in [0.2, 0.25) is 0 Å². The molecule has 0 radical (unpaired) electrons. The highest BCUT2D eigenvalue weighted by molar-refractivity contribution is 6.07. The Kier molecular flexibility index (Phi) is 13.6. The second-order valence-electron chi connectivity index (χ2n) is 16.8. The average Bonchev–Trinajstić information content (AvgIpc) is 3.47. The number of rotatable bonds is 8. The van der Waals surface area contributed by atoms with Crippen molar-refractivity contribution in [3.8, 4) is 0 Å². The van der Waals surface area contributed by atoms with Gasteiger partial charge in [0.25, 0.3) is 5.67 Å². The van der Waals surface area contributed by atoms with Crippen LogP contribution in [0.3, 0.4) is 0 Å². The highest BCUT2D eigenvalue weighted by Crippen LogP contribution is 2.39. The summed E-state index contributed by atoms with van der Waals surface area (Å²) in [6, 6.07) is 8.46. The highest BCUT2D eigenvalue weighted by Gasteiger charge is 2.58. The molecule has 14 heteroatoms. The number of amides is 1. The Labute approximate surface area is 330 Å². The van der Waals surface area contributed by atoms with E-state index in [-0.39, 0.29) is 37.1 Å². The molecule has 3 aliphatic rings. The number of para-hydroxylation sites is 1. The largest absolute Gasteiger partial charge is 0.455 e. The number of aliphatic hydroxyl groups excluding tert-OH is 1. The van der Waals surface area contributed by atoms with Gasteiger partial charge in [-0.05, 0) is 98.1 Å². The number of pyridine rings is 1. The van der Waals surface area contributed by atoms with Crippen LogP contribution >= 0.6 is 0 Å². The Hall–Kier alpha value is -3.53. The van der Waals surface area contributed by atoms with Gasteiger partial charge in [-0.2, -0.15) is 0 Å². The topological polar surface area (TPSA) is 158 Å². The molecule has 13 nitrogen and oxygen atoms in total. The van der Waals surface area contributed by atoms with E-state index in [9.17, 15) is 19.5 Å². The summed E-state index contributed by atoms with van der Waals surface area (Å²) in [4.78, 5) is 47.3. The first-order valence-electron chi connectivity index (χ1n) is 19.8. The van der Waals surface area contributed by atoms with Gasteiger partial charge in [-0.25, -0.2) is 14.0 Å². The Morgan fingerprint density at radius 2 is 1.82 bits per heavy atom. The number of hydrogen-bond acceptors (Lipinski definition) is 12. The van der Waals surface area contributed by atoms with E-state index in [0.29, 0.717) is 19.4 Å². The summed E-state index contributed by atoms with van der Waals surface area (Å²) in [5, 5.41) is 18.9. The molecule has 0 saturated carbocycles. The fourth-order valence-corrected chi connectivity index (χ4v) is 8.68. The third-order valence-electron chi connectivity index (χ3n) is 11.8. The molecule has 0 spiro atoms. The number of carbonyl (C=O) groups excluding carboxylic acids is 3. The molecule has 4 heterocycles. The first-order chi connectivity index (χ1) is 26.3. The van der Waals surface area contributed by atoms with Crippen molar-refractivity contribution in [1.82, 2.24) is 20.5 Å². The van der Waals surface area contributed by atoms with E-state index in [0.717, 1.165) is 23.4 Å². The van der Waals surface area contributed by atoms with Crippen LogP contribution in [0.25, 0.3) is 17.0 Å². The van der Waals surface area contributed by atoms with E-state index >= 15 is 4.39 Å². The summed E-state index contributed by atoms with van der Waals surface area (Å²) in [5.74, 6) is -3.94. The lowest BCUT2D eigenvalue weighted by Gasteiger charge is -2.47. The third kappa shape index (κ3) is 9.26. The number of likely N-dealkylation sites (N-methyl/N-ethyl adjacent to an activating group) is 1. The number of cyclic esters (lactones) is 1. The van der Waals surface area contributed by atoms with Crippen LogP contribution in [0.15, 0.2) is 42.6 Å². The van der Waals surface area contributed by atoms with Crippen LogP contribution in [0.1, 0.15) is 80.2 Å². The fourth-order valence-electron chi connectivity index (χ4n) is 8.68. The summed E-state index contributed by atoms with van der Waals surface area (Å²) in [7, 11) is 3.71. The molecular formula is C42H61FN4O9. The van der Waals surface area contributed by atoms with E-state index in [1.54, 1.807) is 27.0 Å². The van der Waals surface area contributed by atoms with E-state index in [1.807, 2.05) is 82.3 Å². The van der Waals surface area contributed by atoms with E-state index < -0.39 is 71.3 Å². The minimum Gasteiger partial charge on any atom is -0.455 e. The van der Waals surface area contributed by atoms with Gasteiger partial charge < -0.3 is 44.3 Å². The number of aliphatic hydroxyl groups is 1. The number of benzene rings is 1. The molecule has 4 unspecified atom stereocenters. The second kappa shape index (κ2) is 17.5. The Morgan fingerprint density at radius 3 is 2.52 bits per heavy atom. The van der Waals surface area contributed by atoms with Crippen LogP contribution < -0.4 is 10.6 Å². The fraction of sp³-hybridized carbons (Fsp3) is 0.667. The number of halogens is 1. The maximum absolute atomic E-state index is 16.9. The van der Waals surface area contributed by atoms with Crippen molar-refractivity contribution in [3.05, 3.63) is 48.2 Å². The van der Waals surface area contributed by atoms with Crippen molar-refractivity contribution >= 4 is 34.8 Å². The van der Waals surface area contributed by atoms with Crippen molar-refractivity contribution in [3.63, 3.8) is 0 Å². The van der Waals surface area contributed by atoms with Crippen LogP contribution in [0.4, 0.5) is 9.18 Å². The number of nitrogens with one attached hydrogen (secondary N) is 2. The number of alkyl halides is 1. The number of carbonyl (C=O) groups is 3. The zero-order chi connectivity index (χ0) is 41.2. The van der Waals surface area contributed by atoms with Gasteiger partial charge in [0.1, 0.15) is 12.2 Å². The molecule has 3 N–H and O–H groups in total. The number of esters is 1. The maximum Gasteiger partial charge on any atom is 0.408 e. The SMILES string of the molecule is CC[C@H]1OC(=O)C(C)(F)C(=O)[C@H](C)C(O[C@@H]2O[C@H](C)CC(N(C)C)C2O)[C@](C)(OC/C=C/c2cnc3ccccc3c2)C[C@@H](C)CN[C@H](C)[C@H]2NC(=O)O[C@@]21C. The van der Waals surface area contributed by atoms with Crippen molar-refractivity contribution in [2.24, 2.45) is 11.8 Å². The van der Waals surface area contributed by atoms with Gasteiger partial charge >= 0.3 is 12.1 Å². The predicted molar refractivity (Wildman–Crippen MR) is 209 cm³/mol. The summed E-state index contributed by atoms with van der Waals surface area (Å²) < 4.78 is 48.0. The van der Waals surface area contributed by atoms with Crippen LogP contribution in [0.2, 0.25) is 0 Å². The lowest BCUT2D eigenvalue weighted by Crippen LogP contribution is -2.61. The number of ketones is 1. The molecule has 56 heavy (non-hydrogen) atoms. The Bertz CT molecular complexity index is 1740. The molecule has 1 aromatic heterocycles. The summed E-state index contributed by atoms with van der Waals surface area (Å²) in [6.07, 6.45) is 0.890. The van der Waals surface area contributed by atoms with E-state index in [1.165, 1.54) is 6.92 Å². The molecule has 0 aliphatic carbocycles. The summed E-state index contributed by atoms with van der Waals surface area (Å²) >= 11 is 0. The zero-order valence-electron chi connectivity index (χ0n) is 34.4. The van der Waals surface area contributed by atoms with Gasteiger partial charge in [0.15, 0.2) is 17.7 Å². The number of fused-ring (bicyclic) bond motifs is 2. The monoisotopic (exact) mass is 784 g/mol. The number of ether oxygens (including phenoxy) is 5. The van der Waals surface area contributed by atoms with Crippen molar-refractivity contribution < 1.29 is 47.6 Å². The lowest BCUT2D eigenvalue weighted by molar-refractivity contribution is -0.297. The van der Waals surface area contributed by atoms with Crippen LogP contribution in [0, 0.1) is 11.8 Å². The minimum atomic E-state index is -3.14. The number of hydrogen-bond donors (Lipinski definition) is 3. The molecule has 3 aliphatic heterocycles. The Morgan fingerprint density at radius 1 is 1.11 bits per heavy atom.